The van der Waals surface area contributed by atoms with E-state index in [-0.39, 0.29) is 38.6 Å². The molecule has 0 spiro atoms. The summed E-state index contributed by atoms with van der Waals surface area (Å²) < 4.78 is 31.4. The highest BCUT2D eigenvalue weighted by Crippen LogP contribution is 2.32. The van der Waals surface area contributed by atoms with Gasteiger partial charge < -0.3 is 9.84 Å². The van der Waals surface area contributed by atoms with E-state index in [1.54, 1.807) is 6.92 Å². The fourth-order valence-electron chi connectivity index (χ4n) is 1.88. The first kappa shape index (κ1) is 13.3. The molecule has 0 unspecified atom stereocenters. The van der Waals surface area contributed by atoms with Crippen LogP contribution in [-0.2, 0) is 9.53 Å². The van der Waals surface area contributed by atoms with E-state index in [0.717, 1.165) is 0 Å². The van der Waals surface area contributed by atoms with Gasteiger partial charge in [-0.25, -0.2) is 8.78 Å². The number of likely N-dealkylation sites (tertiary alicyclic amines) is 1. The summed E-state index contributed by atoms with van der Waals surface area (Å²) in [5.41, 5.74) is 0. The average molecular weight is 237 g/mol. The van der Waals surface area contributed by atoms with Crippen molar-refractivity contribution in [3.05, 3.63) is 0 Å². The summed E-state index contributed by atoms with van der Waals surface area (Å²) in [5, 5.41) is 8.52. The van der Waals surface area contributed by atoms with E-state index in [9.17, 15) is 13.6 Å². The first-order chi connectivity index (χ1) is 7.44. The predicted molar refractivity (Wildman–Crippen MR) is 53.7 cm³/mol. The van der Waals surface area contributed by atoms with Gasteiger partial charge in [-0.05, 0) is 6.92 Å². The summed E-state index contributed by atoms with van der Waals surface area (Å²) in [6.45, 7) is 2.32. The highest BCUT2D eigenvalue weighted by molar-refractivity contribution is 5.66. The van der Waals surface area contributed by atoms with Crippen molar-refractivity contribution in [2.45, 2.75) is 31.7 Å². The Morgan fingerprint density at radius 2 is 2.31 bits per heavy atom. The molecule has 0 amide bonds. The van der Waals surface area contributed by atoms with E-state index in [2.05, 4.69) is 0 Å². The number of hydrogen-bond acceptors (Lipinski definition) is 3. The molecule has 0 radical (unpaired) electrons. The monoisotopic (exact) mass is 237 g/mol. The maximum atomic E-state index is 13.2. The molecular formula is C10H17F2NO3. The summed E-state index contributed by atoms with van der Waals surface area (Å²) in [6, 6.07) is -0.366. The molecule has 1 aliphatic heterocycles. The van der Waals surface area contributed by atoms with Gasteiger partial charge in [-0.2, -0.15) is 0 Å². The van der Waals surface area contributed by atoms with Gasteiger partial charge in [0, 0.05) is 25.6 Å². The second-order valence-corrected chi connectivity index (χ2v) is 3.99. The Hall–Kier alpha value is -0.750. The number of alkyl halides is 2. The zero-order valence-corrected chi connectivity index (χ0v) is 9.29. The molecule has 0 aromatic rings. The molecule has 0 bridgehead atoms. The second kappa shape index (κ2) is 5.54. The van der Waals surface area contributed by atoms with Crippen molar-refractivity contribution in [2.75, 3.05) is 26.3 Å². The Bertz CT molecular complexity index is 248. The smallest absolute Gasteiger partial charge is 0.304 e. The van der Waals surface area contributed by atoms with Crippen molar-refractivity contribution in [1.29, 1.82) is 0 Å². The summed E-state index contributed by atoms with van der Waals surface area (Å²) in [5.74, 6) is -3.69. The molecule has 1 aliphatic rings. The zero-order chi connectivity index (χ0) is 12.2. The maximum absolute atomic E-state index is 13.2. The third-order valence-corrected chi connectivity index (χ3v) is 2.61. The first-order valence-corrected chi connectivity index (χ1v) is 5.36. The van der Waals surface area contributed by atoms with Gasteiger partial charge >= 0.3 is 5.97 Å². The number of carboxylic acid groups (broad SMARTS) is 1. The normalized spacial score (nSPS) is 24.8. The van der Waals surface area contributed by atoms with Crippen LogP contribution in [0.2, 0.25) is 0 Å². The van der Waals surface area contributed by atoms with Gasteiger partial charge in [-0.1, -0.05) is 0 Å². The molecule has 1 saturated heterocycles. The topological polar surface area (TPSA) is 49.8 Å². The molecule has 0 aromatic heterocycles. The van der Waals surface area contributed by atoms with Gasteiger partial charge in [-0.3, -0.25) is 9.69 Å². The second-order valence-electron chi connectivity index (χ2n) is 3.99. The number of halogens is 2. The Kier molecular flexibility index (Phi) is 4.61. The van der Waals surface area contributed by atoms with E-state index in [1.165, 1.54) is 4.90 Å². The Labute approximate surface area is 93.2 Å². The third kappa shape index (κ3) is 4.02. The van der Waals surface area contributed by atoms with Crippen LogP contribution in [0.1, 0.15) is 19.8 Å². The Morgan fingerprint density at radius 1 is 1.62 bits per heavy atom. The number of hydrogen-bond donors (Lipinski definition) is 1. The van der Waals surface area contributed by atoms with Gasteiger partial charge in [0.15, 0.2) is 0 Å². The minimum atomic E-state index is -2.72. The standard InChI is InChI=1S/C10H17F2NO3/c1-2-16-6-8-5-10(11,12)7-13(8)4-3-9(14)15/h8H,2-7H2,1H3,(H,14,15)/t8-/m0/s1. The number of carboxylic acids is 1. The van der Waals surface area contributed by atoms with Crippen LogP contribution in [0.15, 0.2) is 0 Å². The lowest BCUT2D eigenvalue weighted by Crippen LogP contribution is -2.35. The van der Waals surface area contributed by atoms with Crippen molar-refractivity contribution in [3.8, 4) is 0 Å². The molecule has 1 rings (SSSR count). The van der Waals surface area contributed by atoms with E-state index in [0.29, 0.717) is 6.61 Å². The van der Waals surface area contributed by atoms with Crippen LogP contribution in [0.3, 0.4) is 0 Å². The molecule has 0 aromatic carbocycles. The number of aliphatic carboxylic acids is 1. The molecule has 0 aliphatic carbocycles. The lowest BCUT2D eigenvalue weighted by molar-refractivity contribution is -0.137. The molecule has 0 saturated carbocycles. The lowest BCUT2D eigenvalue weighted by atomic mass is 10.2. The van der Waals surface area contributed by atoms with Gasteiger partial charge in [0.1, 0.15) is 0 Å². The molecule has 1 fully saturated rings. The van der Waals surface area contributed by atoms with Crippen LogP contribution >= 0.6 is 0 Å². The molecule has 1 atom stereocenters. The molecular weight excluding hydrogens is 220 g/mol. The minimum absolute atomic E-state index is 0.112. The molecule has 6 heteroatoms. The van der Waals surface area contributed by atoms with E-state index in [1.807, 2.05) is 0 Å². The van der Waals surface area contributed by atoms with E-state index in [4.69, 9.17) is 9.84 Å². The van der Waals surface area contributed by atoms with Crippen molar-refractivity contribution >= 4 is 5.97 Å². The minimum Gasteiger partial charge on any atom is -0.481 e. The lowest BCUT2D eigenvalue weighted by Gasteiger charge is -2.22. The van der Waals surface area contributed by atoms with Crippen molar-refractivity contribution in [2.24, 2.45) is 0 Å². The van der Waals surface area contributed by atoms with Gasteiger partial charge in [0.2, 0.25) is 0 Å². The third-order valence-electron chi connectivity index (χ3n) is 2.61. The number of carbonyl (C=O) groups is 1. The van der Waals surface area contributed by atoms with Crippen LogP contribution in [0.25, 0.3) is 0 Å². The van der Waals surface area contributed by atoms with Crippen molar-refractivity contribution in [1.82, 2.24) is 4.90 Å². The number of rotatable bonds is 6. The van der Waals surface area contributed by atoms with Gasteiger partial charge in [-0.15, -0.1) is 0 Å². The van der Waals surface area contributed by atoms with Crippen molar-refractivity contribution in [3.63, 3.8) is 0 Å². The average Bonchev–Trinajstić information content (AvgIpc) is 2.47. The SMILES string of the molecule is CCOC[C@@H]1CC(F)(F)CN1CCC(=O)O. The molecule has 1 N–H and O–H groups in total. The van der Waals surface area contributed by atoms with Gasteiger partial charge in [0.05, 0.1) is 19.6 Å². The zero-order valence-electron chi connectivity index (χ0n) is 9.29. The van der Waals surface area contributed by atoms with Crippen LogP contribution in [0, 0.1) is 0 Å². The van der Waals surface area contributed by atoms with Crippen LogP contribution < -0.4 is 0 Å². The Morgan fingerprint density at radius 3 is 2.88 bits per heavy atom. The highest BCUT2D eigenvalue weighted by Gasteiger charge is 2.44. The van der Waals surface area contributed by atoms with Crippen LogP contribution in [-0.4, -0.2) is 54.2 Å². The predicted octanol–water partition coefficient (Wildman–Crippen LogP) is 1.21. The summed E-state index contributed by atoms with van der Waals surface area (Å²) in [7, 11) is 0. The van der Waals surface area contributed by atoms with E-state index >= 15 is 0 Å². The van der Waals surface area contributed by atoms with Crippen LogP contribution in [0.5, 0.6) is 0 Å². The summed E-state index contributed by atoms with van der Waals surface area (Å²) >= 11 is 0. The summed E-state index contributed by atoms with van der Waals surface area (Å²) in [6.07, 6.45) is -0.356. The fourth-order valence-corrected chi connectivity index (χ4v) is 1.88. The fraction of sp³-hybridized carbons (Fsp3) is 0.900. The highest BCUT2D eigenvalue weighted by atomic mass is 19.3. The number of nitrogens with zero attached hydrogens (tertiary/aromatic N) is 1. The van der Waals surface area contributed by atoms with Gasteiger partial charge in [0.25, 0.3) is 5.92 Å². The first-order valence-electron chi connectivity index (χ1n) is 5.36. The molecule has 4 nitrogen and oxygen atoms in total. The summed E-state index contributed by atoms with van der Waals surface area (Å²) in [4.78, 5) is 11.9. The van der Waals surface area contributed by atoms with Crippen LogP contribution in [0.4, 0.5) is 8.78 Å². The largest absolute Gasteiger partial charge is 0.481 e. The van der Waals surface area contributed by atoms with Crippen molar-refractivity contribution < 1.29 is 23.4 Å². The maximum Gasteiger partial charge on any atom is 0.304 e. The quantitative estimate of drug-likeness (QED) is 0.754. The molecule has 16 heavy (non-hydrogen) atoms. The Balaban J connectivity index is 2.47. The molecule has 94 valence electrons. The molecule has 1 heterocycles. The number of ether oxygens (including phenoxy) is 1. The van der Waals surface area contributed by atoms with E-state index < -0.39 is 11.9 Å².